The molecule has 0 radical (unpaired) electrons. The highest BCUT2D eigenvalue weighted by molar-refractivity contribution is 5.95. The fraction of sp³-hybridized carbons (Fsp3) is 0.278. The molecule has 124 valence electrons. The van der Waals surface area contributed by atoms with Gasteiger partial charge in [0.05, 0.1) is 0 Å². The smallest absolute Gasteiger partial charge is 0.251 e. The number of pyridine rings is 1. The lowest BCUT2D eigenvalue weighted by atomic mass is 10.0. The van der Waals surface area contributed by atoms with Gasteiger partial charge in [0.2, 0.25) is 5.91 Å². The summed E-state index contributed by atoms with van der Waals surface area (Å²) in [5.74, 6) is -0.498. The van der Waals surface area contributed by atoms with Crippen molar-refractivity contribution < 1.29 is 14.0 Å². The molecule has 1 N–H and O–H groups in total. The average Bonchev–Trinajstić information content (AvgIpc) is 2.59. The number of carbonyl (C=O) groups is 2. The standard InChI is InChI=1S/C18H18FN3O2/c1-22-11-14(8-9-16(22)23)21-18(24)13-6-4-12(5-7-13)17-15(19)3-2-10-20-17/h2-7,10,14H,8-9,11H2,1H3,(H,21,24)/t14-/m0/s1. The molecule has 6 heteroatoms. The Bertz CT molecular complexity index is 761. The lowest BCUT2D eigenvalue weighted by molar-refractivity contribution is -0.132. The van der Waals surface area contributed by atoms with Gasteiger partial charge in [0.15, 0.2) is 0 Å². The van der Waals surface area contributed by atoms with Crippen LogP contribution in [0.15, 0.2) is 42.6 Å². The van der Waals surface area contributed by atoms with Crippen molar-refractivity contribution in [1.82, 2.24) is 15.2 Å². The molecule has 5 nitrogen and oxygen atoms in total. The second-order valence-corrected chi connectivity index (χ2v) is 5.89. The van der Waals surface area contributed by atoms with Gasteiger partial charge in [0.25, 0.3) is 5.91 Å². The summed E-state index contributed by atoms with van der Waals surface area (Å²) in [4.78, 5) is 29.4. The van der Waals surface area contributed by atoms with Crippen molar-refractivity contribution in [2.75, 3.05) is 13.6 Å². The Labute approximate surface area is 139 Å². The van der Waals surface area contributed by atoms with Crippen molar-refractivity contribution in [2.24, 2.45) is 0 Å². The first-order valence-corrected chi connectivity index (χ1v) is 7.80. The third-order valence-corrected chi connectivity index (χ3v) is 4.14. The molecule has 3 rings (SSSR count). The second-order valence-electron chi connectivity index (χ2n) is 5.89. The summed E-state index contributed by atoms with van der Waals surface area (Å²) >= 11 is 0. The Balaban J connectivity index is 1.68. The summed E-state index contributed by atoms with van der Waals surface area (Å²) in [5, 5.41) is 2.93. The first-order chi connectivity index (χ1) is 11.5. The zero-order valence-corrected chi connectivity index (χ0v) is 13.3. The second kappa shape index (κ2) is 6.78. The lowest BCUT2D eigenvalue weighted by Crippen LogP contribution is -2.48. The van der Waals surface area contributed by atoms with Gasteiger partial charge in [-0.25, -0.2) is 4.39 Å². The average molecular weight is 327 g/mol. The Morgan fingerprint density at radius 1 is 1.29 bits per heavy atom. The van der Waals surface area contributed by atoms with Crippen molar-refractivity contribution in [3.8, 4) is 11.3 Å². The molecule has 1 fully saturated rings. The topological polar surface area (TPSA) is 62.3 Å². The van der Waals surface area contributed by atoms with E-state index in [0.29, 0.717) is 30.5 Å². The first kappa shape index (κ1) is 16.1. The minimum atomic E-state index is -0.399. The SMILES string of the molecule is CN1C[C@@H](NC(=O)c2ccc(-c3ncccc3F)cc2)CCC1=O. The molecular weight excluding hydrogens is 309 g/mol. The van der Waals surface area contributed by atoms with E-state index in [1.54, 1.807) is 36.2 Å². The molecule has 0 saturated carbocycles. The normalized spacial score (nSPS) is 17.7. The third-order valence-electron chi connectivity index (χ3n) is 4.14. The summed E-state index contributed by atoms with van der Waals surface area (Å²) in [7, 11) is 1.73. The van der Waals surface area contributed by atoms with Crippen LogP contribution in [-0.2, 0) is 4.79 Å². The van der Waals surface area contributed by atoms with Crippen LogP contribution in [-0.4, -0.2) is 41.3 Å². The number of nitrogens with one attached hydrogen (secondary N) is 1. The first-order valence-electron chi connectivity index (χ1n) is 7.80. The summed E-state index contributed by atoms with van der Waals surface area (Å²) in [6.45, 7) is 0.516. The van der Waals surface area contributed by atoms with E-state index in [4.69, 9.17) is 0 Å². The number of hydrogen-bond acceptors (Lipinski definition) is 3. The van der Waals surface area contributed by atoms with Crippen LogP contribution in [0.4, 0.5) is 4.39 Å². The Hall–Kier alpha value is -2.76. The molecule has 0 unspecified atom stereocenters. The highest BCUT2D eigenvalue weighted by atomic mass is 19.1. The molecule has 1 aliphatic rings. The number of likely N-dealkylation sites (tertiary alicyclic amines) is 1. The van der Waals surface area contributed by atoms with E-state index in [-0.39, 0.29) is 23.6 Å². The van der Waals surface area contributed by atoms with Crippen LogP contribution in [0.5, 0.6) is 0 Å². The number of halogens is 1. The van der Waals surface area contributed by atoms with Crippen molar-refractivity contribution in [2.45, 2.75) is 18.9 Å². The Morgan fingerprint density at radius 2 is 2.04 bits per heavy atom. The number of amides is 2. The summed E-state index contributed by atoms with van der Waals surface area (Å²) in [6.07, 6.45) is 2.62. The van der Waals surface area contributed by atoms with Gasteiger partial charge >= 0.3 is 0 Å². The predicted octanol–water partition coefficient (Wildman–Crippen LogP) is 2.24. The monoisotopic (exact) mass is 327 g/mol. The van der Waals surface area contributed by atoms with E-state index >= 15 is 0 Å². The quantitative estimate of drug-likeness (QED) is 0.940. The number of likely N-dealkylation sites (N-methyl/N-ethyl adjacent to an activating group) is 1. The molecule has 2 amide bonds. The van der Waals surface area contributed by atoms with Crippen LogP contribution in [0.2, 0.25) is 0 Å². The number of rotatable bonds is 3. The molecule has 1 aliphatic heterocycles. The Morgan fingerprint density at radius 3 is 2.71 bits per heavy atom. The fourth-order valence-corrected chi connectivity index (χ4v) is 2.78. The maximum atomic E-state index is 13.7. The fourth-order valence-electron chi connectivity index (χ4n) is 2.78. The van der Waals surface area contributed by atoms with E-state index in [9.17, 15) is 14.0 Å². The number of benzene rings is 1. The number of nitrogens with zero attached hydrogens (tertiary/aromatic N) is 2. The van der Waals surface area contributed by atoms with Crippen LogP contribution in [0.3, 0.4) is 0 Å². The predicted molar refractivity (Wildman–Crippen MR) is 87.8 cm³/mol. The molecule has 0 spiro atoms. The zero-order chi connectivity index (χ0) is 17.1. The van der Waals surface area contributed by atoms with Crippen molar-refractivity contribution in [1.29, 1.82) is 0 Å². The van der Waals surface area contributed by atoms with E-state index < -0.39 is 5.82 Å². The summed E-state index contributed by atoms with van der Waals surface area (Å²) in [6, 6.07) is 9.49. The number of carbonyl (C=O) groups excluding carboxylic acids is 2. The molecule has 1 aromatic carbocycles. The minimum Gasteiger partial charge on any atom is -0.348 e. The van der Waals surface area contributed by atoms with Crippen LogP contribution in [0.1, 0.15) is 23.2 Å². The maximum absolute atomic E-state index is 13.7. The number of aromatic nitrogens is 1. The van der Waals surface area contributed by atoms with E-state index in [0.717, 1.165) is 0 Å². The molecule has 1 aromatic heterocycles. The van der Waals surface area contributed by atoms with Gasteiger partial charge in [-0.15, -0.1) is 0 Å². The molecule has 0 bridgehead atoms. The summed E-state index contributed by atoms with van der Waals surface area (Å²) in [5.41, 5.74) is 1.37. The van der Waals surface area contributed by atoms with Gasteiger partial charge in [-0.05, 0) is 30.7 Å². The van der Waals surface area contributed by atoms with Crippen molar-refractivity contribution in [3.05, 3.63) is 54.0 Å². The molecular formula is C18H18FN3O2. The van der Waals surface area contributed by atoms with Gasteiger partial charge in [-0.2, -0.15) is 0 Å². The van der Waals surface area contributed by atoms with Gasteiger partial charge in [-0.3, -0.25) is 14.6 Å². The molecule has 1 saturated heterocycles. The van der Waals surface area contributed by atoms with Gasteiger partial charge < -0.3 is 10.2 Å². The lowest BCUT2D eigenvalue weighted by Gasteiger charge is -2.30. The molecule has 2 aromatic rings. The van der Waals surface area contributed by atoms with Crippen LogP contribution < -0.4 is 5.32 Å². The van der Waals surface area contributed by atoms with Crippen molar-refractivity contribution in [3.63, 3.8) is 0 Å². The highest BCUT2D eigenvalue weighted by Crippen LogP contribution is 2.20. The molecule has 2 heterocycles. The van der Waals surface area contributed by atoms with Crippen LogP contribution in [0.25, 0.3) is 11.3 Å². The largest absolute Gasteiger partial charge is 0.348 e. The number of piperidine rings is 1. The Kier molecular flexibility index (Phi) is 4.55. The minimum absolute atomic E-state index is 0.0480. The number of hydrogen-bond donors (Lipinski definition) is 1. The molecule has 0 aliphatic carbocycles. The summed E-state index contributed by atoms with van der Waals surface area (Å²) < 4.78 is 13.7. The van der Waals surface area contributed by atoms with Crippen molar-refractivity contribution >= 4 is 11.8 Å². The third kappa shape index (κ3) is 3.42. The van der Waals surface area contributed by atoms with Gasteiger partial charge in [0, 0.05) is 43.4 Å². The van der Waals surface area contributed by atoms with Crippen LogP contribution >= 0.6 is 0 Å². The van der Waals surface area contributed by atoms with Gasteiger partial charge in [0.1, 0.15) is 11.5 Å². The molecule has 1 atom stereocenters. The maximum Gasteiger partial charge on any atom is 0.251 e. The molecule has 24 heavy (non-hydrogen) atoms. The zero-order valence-electron chi connectivity index (χ0n) is 13.3. The van der Waals surface area contributed by atoms with E-state index in [1.165, 1.54) is 18.3 Å². The van der Waals surface area contributed by atoms with E-state index in [1.807, 2.05) is 0 Å². The highest BCUT2D eigenvalue weighted by Gasteiger charge is 2.24. The van der Waals surface area contributed by atoms with Gasteiger partial charge in [-0.1, -0.05) is 12.1 Å². The van der Waals surface area contributed by atoms with E-state index in [2.05, 4.69) is 10.3 Å². The van der Waals surface area contributed by atoms with Crippen LogP contribution in [0, 0.1) is 5.82 Å².